The van der Waals surface area contributed by atoms with Gasteiger partial charge in [-0.05, 0) is 53.6 Å². The fraction of sp³-hybridized carbons (Fsp3) is 0.231. The van der Waals surface area contributed by atoms with Crippen LogP contribution in [0.4, 0.5) is 4.39 Å². The zero-order chi connectivity index (χ0) is 21.9. The lowest BCUT2D eigenvalue weighted by molar-refractivity contribution is -0.132. The molecule has 0 unspecified atom stereocenters. The summed E-state index contributed by atoms with van der Waals surface area (Å²) in [7, 11) is 0. The molecule has 0 atom stereocenters. The van der Waals surface area contributed by atoms with Crippen LogP contribution < -0.4 is 4.74 Å². The number of carbonyl (C=O) groups excluding carboxylic acids is 1. The van der Waals surface area contributed by atoms with E-state index < -0.39 is 0 Å². The van der Waals surface area contributed by atoms with Crippen molar-refractivity contribution in [3.63, 3.8) is 0 Å². The van der Waals surface area contributed by atoms with E-state index in [0.717, 1.165) is 28.0 Å². The van der Waals surface area contributed by atoms with E-state index in [1.54, 1.807) is 12.1 Å². The van der Waals surface area contributed by atoms with Gasteiger partial charge >= 0.3 is 0 Å². The summed E-state index contributed by atoms with van der Waals surface area (Å²) >= 11 is 0. The standard InChI is InChI=1S/C26H23FN2O3/c27-21-10-7-19(8-11-21)26-23-17-29(14-13-24(23)28-32-26)25(30)6-3-15-31-22-12-9-18-4-1-2-5-20(18)16-22/h1-2,4-5,7-12,16H,3,6,13-15,17H2. The molecular weight excluding hydrogens is 407 g/mol. The molecule has 0 saturated carbocycles. The van der Waals surface area contributed by atoms with Crippen molar-refractivity contribution < 1.29 is 18.4 Å². The van der Waals surface area contributed by atoms with Gasteiger partial charge < -0.3 is 14.2 Å². The van der Waals surface area contributed by atoms with Gasteiger partial charge in [0.15, 0.2) is 5.76 Å². The summed E-state index contributed by atoms with van der Waals surface area (Å²) in [4.78, 5) is 14.6. The summed E-state index contributed by atoms with van der Waals surface area (Å²) in [6.07, 6.45) is 1.71. The van der Waals surface area contributed by atoms with Crippen LogP contribution in [0.1, 0.15) is 24.1 Å². The summed E-state index contributed by atoms with van der Waals surface area (Å²) in [5.74, 6) is 1.21. The van der Waals surface area contributed by atoms with E-state index in [-0.39, 0.29) is 11.7 Å². The molecule has 0 saturated heterocycles. The number of fused-ring (bicyclic) bond motifs is 2. The van der Waals surface area contributed by atoms with E-state index in [4.69, 9.17) is 9.26 Å². The third-order valence-electron chi connectivity index (χ3n) is 5.82. The summed E-state index contributed by atoms with van der Waals surface area (Å²) in [6, 6.07) is 20.3. The number of rotatable bonds is 6. The van der Waals surface area contributed by atoms with Gasteiger partial charge in [-0.1, -0.05) is 35.5 Å². The highest BCUT2D eigenvalue weighted by Gasteiger charge is 2.27. The highest BCUT2D eigenvalue weighted by Crippen LogP contribution is 2.31. The van der Waals surface area contributed by atoms with E-state index in [1.165, 1.54) is 17.5 Å². The van der Waals surface area contributed by atoms with E-state index in [1.807, 2.05) is 35.2 Å². The monoisotopic (exact) mass is 430 g/mol. The van der Waals surface area contributed by atoms with Crippen molar-refractivity contribution in [3.8, 4) is 17.1 Å². The molecule has 0 N–H and O–H groups in total. The minimum atomic E-state index is -0.301. The van der Waals surface area contributed by atoms with Crippen LogP contribution in [-0.4, -0.2) is 29.1 Å². The highest BCUT2D eigenvalue weighted by molar-refractivity contribution is 5.83. The topological polar surface area (TPSA) is 55.6 Å². The van der Waals surface area contributed by atoms with Crippen LogP contribution >= 0.6 is 0 Å². The summed E-state index contributed by atoms with van der Waals surface area (Å²) in [6.45, 7) is 1.56. The molecule has 2 heterocycles. The molecule has 1 amide bonds. The molecule has 5 nitrogen and oxygen atoms in total. The van der Waals surface area contributed by atoms with E-state index >= 15 is 0 Å². The molecule has 0 aliphatic carbocycles. The number of carbonyl (C=O) groups is 1. The number of ether oxygens (including phenoxy) is 1. The molecule has 0 radical (unpaired) electrons. The Morgan fingerprint density at radius 3 is 2.72 bits per heavy atom. The maximum atomic E-state index is 13.3. The molecule has 0 spiro atoms. The number of aromatic nitrogens is 1. The molecule has 6 heteroatoms. The minimum absolute atomic E-state index is 0.0871. The van der Waals surface area contributed by atoms with Crippen LogP contribution in [0, 0.1) is 5.82 Å². The molecule has 4 aromatic rings. The van der Waals surface area contributed by atoms with Crippen molar-refractivity contribution in [2.24, 2.45) is 0 Å². The zero-order valence-electron chi connectivity index (χ0n) is 17.6. The van der Waals surface area contributed by atoms with E-state index in [2.05, 4.69) is 17.3 Å². The largest absolute Gasteiger partial charge is 0.494 e. The molecule has 1 aliphatic heterocycles. The lowest BCUT2D eigenvalue weighted by Gasteiger charge is -2.26. The van der Waals surface area contributed by atoms with E-state index in [9.17, 15) is 9.18 Å². The van der Waals surface area contributed by atoms with Crippen molar-refractivity contribution in [2.45, 2.75) is 25.8 Å². The number of benzene rings is 3. The first-order chi connectivity index (χ1) is 15.7. The predicted molar refractivity (Wildman–Crippen MR) is 120 cm³/mol. The van der Waals surface area contributed by atoms with Crippen LogP contribution in [0.5, 0.6) is 5.75 Å². The smallest absolute Gasteiger partial charge is 0.223 e. The van der Waals surface area contributed by atoms with Gasteiger partial charge in [0.25, 0.3) is 0 Å². The second kappa shape index (κ2) is 8.83. The Morgan fingerprint density at radius 2 is 1.88 bits per heavy atom. The molecule has 162 valence electrons. The first kappa shape index (κ1) is 20.2. The third-order valence-corrected chi connectivity index (χ3v) is 5.82. The average Bonchev–Trinajstić information content (AvgIpc) is 3.25. The predicted octanol–water partition coefficient (Wildman–Crippen LogP) is 5.38. The number of hydrogen-bond acceptors (Lipinski definition) is 4. The molecule has 3 aromatic carbocycles. The molecule has 32 heavy (non-hydrogen) atoms. The molecule has 1 aromatic heterocycles. The first-order valence-electron chi connectivity index (χ1n) is 10.8. The van der Waals surface area contributed by atoms with Crippen molar-refractivity contribution >= 4 is 16.7 Å². The van der Waals surface area contributed by atoms with Gasteiger partial charge in [0.2, 0.25) is 5.91 Å². The van der Waals surface area contributed by atoms with E-state index in [0.29, 0.717) is 44.7 Å². The van der Waals surface area contributed by atoms with Crippen molar-refractivity contribution in [1.82, 2.24) is 10.1 Å². The Kier molecular flexibility index (Phi) is 5.58. The Labute approximate surface area is 185 Å². The van der Waals surface area contributed by atoms with Crippen molar-refractivity contribution in [1.29, 1.82) is 0 Å². The van der Waals surface area contributed by atoms with Gasteiger partial charge in [0, 0.05) is 30.5 Å². The zero-order valence-corrected chi connectivity index (χ0v) is 17.6. The fourth-order valence-electron chi connectivity index (χ4n) is 4.08. The first-order valence-corrected chi connectivity index (χ1v) is 10.8. The van der Waals surface area contributed by atoms with Gasteiger partial charge in [0.1, 0.15) is 11.6 Å². The van der Waals surface area contributed by atoms with Crippen molar-refractivity contribution in [3.05, 3.63) is 83.8 Å². The Morgan fingerprint density at radius 1 is 1.06 bits per heavy atom. The molecule has 1 aliphatic rings. The molecule has 5 rings (SSSR count). The van der Waals surface area contributed by atoms with Crippen LogP contribution in [0.15, 0.2) is 71.3 Å². The summed E-state index contributed by atoms with van der Waals surface area (Å²) in [5.41, 5.74) is 2.54. The van der Waals surface area contributed by atoms with Crippen molar-refractivity contribution in [2.75, 3.05) is 13.2 Å². The second-order valence-electron chi connectivity index (χ2n) is 7.97. The molecule has 0 fully saturated rings. The Hall–Kier alpha value is -3.67. The summed E-state index contributed by atoms with van der Waals surface area (Å²) in [5, 5.41) is 6.46. The maximum Gasteiger partial charge on any atom is 0.223 e. The molecule has 0 bridgehead atoms. The second-order valence-corrected chi connectivity index (χ2v) is 7.97. The van der Waals surface area contributed by atoms with Gasteiger partial charge in [-0.15, -0.1) is 0 Å². The number of halogens is 1. The number of hydrogen-bond donors (Lipinski definition) is 0. The van der Waals surface area contributed by atoms with Crippen LogP contribution in [0.25, 0.3) is 22.1 Å². The Balaban J connectivity index is 1.16. The minimum Gasteiger partial charge on any atom is -0.494 e. The lowest BCUT2D eigenvalue weighted by Crippen LogP contribution is -2.36. The normalized spacial score (nSPS) is 13.2. The van der Waals surface area contributed by atoms with Gasteiger partial charge in [-0.3, -0.25) is 4.79 Å². The fourth-order valence-corrected chi connectivity index (χ4v) is 4.08. The quantitative estimate of drug-likeness (QED) is 0.386. The van der Waals surface area contributed by atoms with Crippen LogP contribution in [0.3, 0.4) is 0 Å². The SMILES string of the molecule is O=C(CCCOc1ccc2ccccc2c1)N1CCc2noc(-c3ccc(F)cc3)c2C1. The number of nitrogens with zero attached hydrogens (tertiary/aromatic N) is 2. The third kappa shape index (κ3) is 4.21. The Bertz CT molecular complexity index is 1250. The molecular formula is C26H23FN2O3. The summed E-state index contributed by atoms with van der Waals surface area (Å²) < 4.78 is 24.6. The van der Waals surface area contributed by atoms with Gasteiger partial charge in [-0.25, -0.2) is 4.39 Å². The van der Waals surface area contributed by atoms with Gasteiger partial charge in [0.05, 0.1) is 18.8 Å². The highest BCUT2D eigenvalue weighted by atomic mass is 19.1. The van der Waals surface area contributed by atoms with Crippen LogP contribution in [0.2, 0.25) is 0 Å². The lowest BCUT2D eigenvalue weighted by atomic mass is 10.0. The number of amides is 1. The maximum absolute atomic E-state index is 13.3. The van der Waals surface area contributed by atoms with Gasteiger partial charge in [-0.2, -0.15) is 0 Å². The van der Waals surface area contributed by atoms with Crippen LogP contribution in [-0.2, 0) is 17.8 Å². The average molecular weight is 430 g/mol.